The average molecular weight is 514 g/mol. The second kappa shape index (κ2) is 8.70. The maximum atomic E-state index is 13.7. The minimum Gasteiger partial charge on any atom is -0.392 e. The Hall–Kier alpha value is -4.18. The van der Waals surface area contributed by atoms with E-state index >= 15 is 0 Å². The molecular weight excluding hydrogens is 482 g/mol. The zero-order chi connectivity index (χ0) is 26.8. The molecule has 1 aliphatic heterocycles. The Kier molecular flexibility index (Phi) is 5.53. The van der Waals surface area contributed by atoms with Crippen LogP contribution in [-0.2, 0) is 40.1 Å². The van der Waals surface area contributed by atoms with Gasteiger partial charge in [-0.15, -0.1) is 0 Å². The molecule has 0 radical (unpaired) electrons. The van der Waals surface area contributed by atoms with Gasteiger partial charge < -0.3 is 24.1 Å². The molecule has 1 amide bonds. The number of carbonyl (C=O) groups is 1. The number of aromatic nitrogens is 5. The first-order valence-corrected chi connectivity index (χ1v) is 12.7. The molecule has 0 saturated heterocycles. The van der Waals surface area contributed by atoms with Crippen molar-refractivity contribution in [1.82, 2.24) is 23.7 Å². The summed E-state index contributed by atoms with van der Waals surface area (Å²) in [5.74, 6) is 0.883. The van der Waals surface area contributed by atoms with Crippen LogP contribution in [0.4, 0.5) is 17.3 Å². The quantitative estimate of drug-likeness (QED) is 0.425. The van der Waals surface area contributed by atoms with Gasteiger partial charge in [0.1, 0.15) is 23.0 Å². The Morgan fingerprint density at radius 3 is 2.63 bits per heavy atom. The highest BCUT2D eigenvalue weighted by atomic mass is 16.3. The third-order valence-electron chi connectivity index (χ3n) is 7.53. The van der Waals surface area contributed by atoms with Crippen LogP contribution in [0.3, 0.4) is 0 Å². The summed E-state index contributed by atoms with van der Waals surface area (Å²) in [6.07, 6.45) is 8.73. The van der Waals surface area contributed by atoms with Crippen LogP contribution in [0.5, 0.6) is 0 Å². The predicted octanol–water partition coefficient (Wildman–Crippen LogP) is 3.00. The summed E-state index contributed by atoms with van der Waals surface area (Å²) in [7, 11) is 3.53. The Labute approximate surface area is 220 Å². The molecule has 2 aliphatic rings. The van der Waals surface area contributed by atoms with Crippen LogP contribution in [0.15, 0.2) is 47.9 Å². The fourth-order valence-electron chi connectivity index (χ4n) is 5.82. The van der Waals surface area contributed by atoms with E-state index in [1.165, 1.54) is 15.8 Å². The predicted molar refractivity (Wildman–Crippen MR) is 145 cm³/mol. The van der Waals surface area contributed by atoms with Crippen LogP contribution in [0.1, 0.15) is 41.2 Å². The summed E-state index contributed by atoms with van der Waals surface area (Å²) in [5, 5.41) is 13.6. The highest BCUT2D eigenvalue weighted by Crippen LogP contribution is 2.40. The fourth-order valence-corrected chi connectivity index (χ4v) is 5.82. The normalized spacial score (nSPS) is 16.0. The van der Waals surface area contributed by atoms with Crippen molar-refractivity contribution in [2.24, 2.45) is 19.5 Å². The molecule has 2 N–H and O–H groups in total. The molecule has 0 unspecified atom stereocenters. The lowest BCUT2D eigenvalue weighted by Crippen LogP contribution is -2.41. The Bertz CT molecular complexity index is 1640. The number of hydrogen-bond acceptors (Lipinski definition) is 6. The molecule has 0 saturated carbocycles. The van der Waals surface area contributed by atoms with E-state index < -0.39 is 0 Å². The van der Waals surface area contributed by atoms with E-state index in [-0.39, 0.29) is 23.5 Å². The number of imidazole rings is 1. The van der Waals surface area contributed by atoms with Gasteiger partial charge in [0.2, 0.25) is 0 Å². The van der Waals surface area contributed by atoms with Crippen molar-refractivity contribution in [3.05, 3.63) is 76.0 Å². The molecule has 10 heteroatoms. The van der Waals surface area contributed by atoms with Gasteiger partial charge >= 0.3 is 0 Å². The van der Waals surface area contributed by atoms with Crippen molar-refractivity contribution >= 4 is 23.2 Å². The van der Waals surface area contributed by atoms with Gasteiger partial charge in [0.25, 0.3) is 11.5 Å². The Morgan fingerprint density at radius 1 is 1.08 bits per heavy atom. The maximum Gasteiger partial charge on any atom is 0.276 e. The number of amides is 1. The largest absolute Gasteiger partial charge is 0.392 e. The van der Waals surface area contributed by atoms with E-state index in [1.54, 1.807) is 53.6 Å². The molecule has 0 fully saturated rings. The van der Waals surface area contributed by atoms with E-state index in [4.69, 9.17) is 0 Å². The summed E-state index contributed by atoms with van der Waals surface area (Å²) in [5.41, 5.74) is 5.52. The smallest absolute Gasteiger partial charge is 0.276 e. The van der Waals surface area contributed by atoms with E-state index in [2.05, 4.69) is 33.7 Å². The summed E-state index contributed by atoms with van der Waals surface area (Å²) in [4.78, 5) is 37.0. The first-order chi connectivity index (χ1) is 18.1. The minimum atomic E-state index is -0.306. The van der Waals surface area contributed by atoms with Crippen molar-refractivity contribution in [3.8, 4) is 11.1 Å². The summed E-state index contributed by atoms with van der Waals surface area (Å²) in [6.45, 7) is 5.37. The second-order valence-corrected chi connectivity index (χ2v) is 11.1. The van der Waals surface area contributed by atoms with Crippen molar-refractivity contribution < 1.29 is 9.90 Å². The fraction of sp³-hybridized carbons (Fsp3) is 0.357. The number of aryl methyl sites for hydroxylation is 2. The molecule has 0 atom stereocenters. The molecule has 1 aliphatic carbocycles. The maximum absolute atomic E-state index is 13.7. The average Bonchev–Trinajstić information content (AvgIpc) is 3.53. The van der Waals surface area contributed by atoms with Gasteiger partial charge in [-0.05, 0) is 47.6 Å². The third-order valence-corrected chi connectivity index (χ3v) is 7.53. The van der Waals surface area contributed by atoms with Gasteiger partial charge in [-0.2, -0.15) is 0 Å². The molecule has 0 spiro atoms. The standard InChI is InChI=1S/C28H31N7O3/c1-28(2)11-17-10-22-27(38)35(8-7-34(22)23(17)12-28)25-20(15-36)19(5-6-29-25)18-9-21(26(37)33(4)13-18)31-24-14-32(3)16-30-24/h5-6,9-10,13-14,16,31,36H,7-8,11-12,15H2,1-4H3. The minimum absolute atomic E-state index is 0.110. The molecule has 10 nitrogen and oxygen atoms in total. The zero-order valence-corrected chi connectivity index (χ0v) is 22.0. The van der Waals surface area contributed by atoms with Gasteiger partial charge in [-0.1, -0.05) is 13.8 Å². The van der Waals surface area contributed by atoms with Gasteiger partial charge in [0.15, 0.2) is 0 Å². The van der Waals surface area contributed by atoms with E-state index in [0.717, 1.165) is 12.8 Å². The second-order valence-electron chi connectivity index (χ2n) is 11.1. The SMILES string of the molecule is Cn1cnc(Nc2cc(-c3ccnc(N4CCn5c(cc6c5CC(C)(C)C6)C4=O)c3CO)cn(C)c2=O)c1. The number of nitrogens with one attached hydrogen (secondary N) is 1. The molecule has 38 heavy (non-hydrogen) atoms. The number of rotatable bonds is 5. The van der Waals surface area contributed by atoms with E-state index in [1.807, 2.05) is 13.1 Å². The summed E-state index contributed by atoms with van der Waals surface area (Å²) >= 11 is 0. The van der Waals surface area contributed by atoms with Crippen LogP contribution in [0.2, 0.25) is 0 Å². The highest BCUT2D eigenvalue weighted by molar-refractivity contribution is 6.06. The number of aliphatic hydroxyl groups excluding tert-OH is 1. The lowest BCUT2D eigenvalue weighted by molar-refractivity contribution is 0.0962. The number of pyridine rings is 2. The first-order valence-electron chi connectivity index (χ1n) is 12.7. The van der Waals surface area contributed by atoms with Crippen LogP contribution in [0, 0.1) is 5.41 Å². The molecule has 4 aromatic heterocycles. The first kappa shape index (κ1) is 24.2. The van der Waals surface area contributed by atoms with Crippen LogP contribution in [-0.4, -0.2) is 41.2 Å². The van der Waals surface area contributed by atoms with E-state index in [0.29, 0.717) is 52.8 Å². The number of nitrogens with zero attached hydrogens (tertiary/aromatic N) is 6. The lowest BCUT2D eigenvalue weighted by atomic mass is 9.90. The van der Waals surface area contributed by atoms with Crippen molar-refractivity contribution in [2.45, 2.75) is 39.8 Å². The number of carbonyl (C=O) groups excluding carboxylic acids is 1. The molecule has 6 rings (SSSR count). The lowest BCUT2D eigenvalue weighted by Gasteiger charge is -2.31. The third kappa shape index (κ3) is 3.92. The summed E-state index contributed by atoms with van der Waals surface area (Å²) < 4.78 is 5.44. The molecule has 4 aromatic rings. The van der Waals surface area contributed by atoms with Gasteiger partial charge in [0.05, 0.1) is 12.9 Å². The summed E-state index contributed by atoms with van der Waals surface area (Å²) in [6, 6.07) is 5.57. The van der Waals surface area contributed by atoms with Gasteiger partial charge in [-0.3, -0.25) is 14.5 Å². The molecular formula is C28H31N7O3. The van der Waals surface area contributed by atoms with Crippen molar-refractivity contribution in [3.63, 3.8) is 0 Å². The van der Waals surface area contributed by atoms with Crippen LogP contribution < -0.4 is 15.8 Å². The number of aliphatic hydroxyl groups is 1. The van der Waals surface area contributed by atoms with Crippen molar-refractivity contribution in [1.29, 1.82) is 0 Å². The van der Waals surface area contributed by atoms with E-state index in [9.17, 15) is 14.7 Å². The molecule has 0 bridgehead atoms. The number of anilines is 3. The monoisotopic (exact) mass is 513 g/mol. The molecule has 196 valence electrons. The van der Waals surface area contributed by atoms with Crippen molar-refractivity contribution in [2.75, 3.05) is 16.8 Å². The van der Waals surface area contributed by atoms with Gasteiger partial charge in [-0.25, -0.2) is 9.97 Å². The Balaban J connectivity index is 1.38. The Morgan fingerprint density at radius 2 is 1.89 bits per heavy atom. The molecule has 5 heterocycles. The molecule has 0 aromatic carbocycles. The number of fused-ring (bicyclic) bond motifs is 3. The zero-order valence-electron chi connectivity index (χ0n) is 22.0. The highest BCUT2D eigenvalue weighted by Gasteiger charge is 2.37. The van der Waals surface area contributed by atoms with Crippen LogP contribution >= 0.6 is 0 Å². The number of hydrogen-bond donors (Lipinski definition) is 2. The topological polar surface area (TPSA) is 110 Å². The van der Waals surface area contributed by atoms with Crippen LogP contribution in [0.25, 0.3) is 11.1 Å². The van der Waals surface area contributed by atoms with Gasteiger partial charge in [0, 0.05) is 62.6 Å².